The third-order valence-electron chi connectivity index (χ3n) is 9.84. The molecule has 0 radical (unpaired) electrons. The molecule has 0 amide bonds. The molecule has 0 bridgehead atoms. The molecule has 0 saturated carbocycles. The van der Waals surface area contributed by atoms with Gasteiger partial charge in [0.05, 0.1) is 0 Å². The van der Waals surface area contributed by atoms with Gasteiger partial charge in [-0.3, -0.25) is 0 Å². The molecule has 0 aliphatic rings. The SMILES string of the molecule is c1ccc(-c2ccc(N(c3ccc4c(c3)oc3ccccc34)c3ccc4oc5cc(N(c6ccccc6)c6ccccc6)ccc5c4c3)cc2)cc1. The number of furan rings is 2. The molecule has 0 saturated heterocycles. The Kier molecular flexibility index (Phi) is 7.10. The van der Waals surface area contributed by atoms with E-state index in [4.69, 9.17) is 8.83 Å². The summed E-state index contributed by atoms with van der Waals surface area (Å²) in [5, 5.41) is 4.34. The van der Waals surface area contributed by atoms with E-state index in [9.17, 15) is 0 Å². The summed E-state index contributed by atoms with van der Waals surface area (Å²) in [6, 6.07) is 67.8. The van der Waals surface area contributed by atoms with Gasteiger partial charge >= 0.3 is 0 Å². The third kappa shape index (κ3) is 5.17. The Morgan fingerprint density at radius 3 is 1.29 bits per heavy atom. The van der Waals surface area contributed by atoms with Gasteiger partial charge in [0, 0.05) is 67.8 Å². The molecule has 52 heavy (non-hydrogen) atoms. The molecular weight excluding hydrogens is 637 g/mol. The maximum Gasteiger partial charge on any atom is 0.137 e. The lowest BCUT2D eigenvalue weighted by atomic mass is 10.0. The summed E-state index contributed by atoms with van der Waals surface area (Å²) >= 11 is 0. The highest BCUT2D eigenvalue weighted by Gasteiger charge is 2.19. The van der Waals surface area contributed by atoms with Gasteiger partial charge in [-0.15, -0.1) is 0 Å². The van der Waals surface area contributed by atoms with Gasteiger partial charge in [-0.25, -0.2) is 0 Å². The van der Waals surface area contributed by atoms with E-state index in [1.807, 2.05) is 30.3 Å². The van der Waals surface area contributed by atoms with Crippen LogP contribution in [0.15, 0.2) is 203 Å². The fraction of sp³-hybridized carbons (Fsp3) is 0. The van der Waals surface area contributed by atoms with E-state index in [0.717, 1.165) is 78.0 Å². The topological polar surface area (TPSA) is 32.8 Å². The quantitative estimate of drug-likeness (QED) is 0.169. The highest BCUT2D eigenvalue weighted by Crippen LogP contribution is 2.43. The third-order valence-corrected chi connectivity index (χ3v) is 9.84. The molecule has 0 N–H and O–H groups in total. The average Bonchev–Trinajstić information content (AvgIpc) is 3.77. The highest BCUT2D eigenvalue weighted by atomic mass is 16.3. The molecular formula is C48H32N2O2. The molecule has 0 atom stereocenters. The van der Waals surface area contributed by atoms with Crippen molar-refractivity contribution in [3.05, 3.63) is 194 Å². The van der Waals surface area contributed by atoms with E-state index in [2.05, 4.69) is 174 Å². The largest absolute Gasteiger partial charge is 0.456 e. The monoisotopic (exact) mass is 668 g/mol. The molecule has 0 spiro atoms. The van der Waals surface area contributed by atoms with Crippen molar-refractivity contribution in [1.29, 1.82) is 0 Å². The fourth-order valence-corrected chi connectivity index (χ4v) is 7.37. The molecule has 0 aliphatic heterocycles. The van der Waals surface area contributed by atoms with Gasteiger partial charge in [-0.1, -0.05) is 97.1 Å². The Hall–Kier alpha value is -7.04. The first kappa shape index (κ1) is 29.8. The smallest absolute Gasteiger partial charge is 0.137 e. The number of fused-ring (bicyclic) bond motifs is 6. The van der Waals surface area contributed by atoms with Crippen LogP contribution in [0.5, 0.6) is 0 Å². The number of hydrogen-bond acceptors (Lipinski definition) is 4. The Morgan fingerprint density at radius 2 is 0.654 bits per heavy atom. The average molecular weight is 669 g/mol. The lowest BCUT2D eigenvalue weighted by Gasteiger charge is -2.26. The zero-order chi connectivity index (χ0) is 34.4. The van der Waals surface area contributed by atoms with Crippen molar-refractivity contribution in [3.63, 3.8) is 0 Å². The molecule has 0 aliphatic carbocycles. The summed E-state index contributed by atoms with van der Waals surface area (Å²) in [5.74, 6) is 0. The van der Waals surface area contributed by atoms with Crippen LogP contribution in [-0.2, 0) is 0 Å². The first-order valence-electron chi connectivity index (χ1n) is 17.5. The summed E-state index contributed by atoms with van der Waals surface area (Å²) in [6.45, 7) is 0. The summed E-state index contributed by atoms with van der Waals surface area (Å²) in [4.78, 5) is 4.55. The van der Waals surface area contributed by atoms with Crippen molar-refractivity contribution < 1.29 is 8.83 Å². The van der Waals surface area contributed by atoms with Gasteiger partial charge in [0.1, 0.15) is 22.3 Å². The van der Waals surface area contributed by atoms with E-state index < -0.39 is 0 Å². The van der Waals surface area contributed by atoms with E-state index in [-0.39, 0.29) is 0 Å². The zero-order valence-corrected chi connectivity index (χ0v) is 28.2. The Morgan fingerprint density at radius 1 is 0.250 bits per heavy atom. The number of hydrogen-bond donors (Lipinski definition) is 0. The van der Waals surface area contributed by atoms with Gasteiger partial charge < -0.3 is 18.6 Å². The van der Waals surface area contributed by atoms with Crippen molar-refractivity contribution in [2.45, 2.75) is 0 Å². The van der Waals surface area contributed by atoms with Crippen LogP contribution < -0.4 is 9.80 Å². The van der Waals surface area contributed by atoms with Gasteiger partial charge in [0.15, 0.2) is 0 Å². The molecule has 4 nitrogen and oxygen atoms in total. The normalized spacial score (nSPS) is 11.5. The molecule has 8 aromatic carbocycles. The second-order valence-electron chi connectivity index (χ2n) is 13.0. The van der Waals surface area contributed by atoms with Gasteiger partial charge in [-0.2, -0.15) is 0 Å². The fourth-order valence-electron chi connectivity index (χ4n) is 7.37. The minimum atomic E-state index is 0.837. The molecule has 246 valence electrons. The maximum absolute atomic E-state index is 6.56. The molecule has 2 aromatic heterocycles. The number of para-hydroxylation sites is 3. The number of benzene rings is 8. The van der Waals surface area contributed by atoms with Crippen molar-refractivity contribution in [3.8, 4) is 11.1 Å². The molecule has 2 heterocycles. The van der Waals surface area contributed by atoms with Crippen molar-refractivity contribution in [1.82, 2.24) is 0 Å². The summed E-state index contributed by atoms with van der Waals surface area (Å²) in [7, 11) is 0. The van der Waals surface area contributed by atoms with E-state index in [1.165, 1.54) is 11.1 Å². The van der Waals surface area contributed by atoms with Crippen molar-refractivity contribution in [2.75, 3.05) is 9.80 Å². The first-order valence-corrected chi connectivity index (χ1v) is 17.5. The van der Waals surface area contributed by atoms with Crippen LogP contribution in [0.1, 0.15) is 0 Å². The molecule has 0 fully saturated rings. The molecule has 0 unspecified atom stereocenters. The second kappa shape index (κ2) is 12.4. The Bertz CT molecular complexity index is 2800. The molecule has 10 aromatic rings. The highest BCUT2D eigenvalue weighted by molar-refractivity contribution is 6.09. The Labute approximate surface area is 301 Å². The number of rotatable bonds is 7. The predicted molar refractivity (Wildman–Crippen MR) is 216 cm³/mol. The minimum absolute atomic E-state index is 0.837. The lowest BCUT2D eigenvalue weighted by Crippen LogP contribution is -2.09. The summed E-state index contributed by atoms with van der Waals surface area (Å²) in [5.41, 5.74) is 12.1. The van der Waals surface area contributed by atoms with E-state index >= 15 is 0 Å². The van der Waals surface area contributed by atoms with Gasteiger partial charge in [0.2, 0.25) is 0 Å². The lowest BCUT2D eigenvalue weighted by molar-refractivity contribution is 0.668. The predicted octanol–water partition coefficient (Wildman–Crippen LogP) is 14.1. The number of nitrogens with zero attached hydrogens (tertiary/aromatic N) is 2. The first-order chi connectivity index (χ1) is 25.8. The maximum atomic E-state index is 6.56. The van der Waals surface area contributed by atoms with Crippen LogP contribution in [0.25, 0.3) is 55.0 Å². The number of anilines is 6. The second-order valence-corrected chi connectivity index (χ2v) is 13.0. The van der Waals surface area contributed by atoms with Crippen LogP contribution in [0.2, 0.25) is 0 Å². The van der Waals surface area contributed by atoms with E-state index in [0.29, 0.717) is 0 Å². The minimum Gasteiger partial charge on any atom is -0.456 e. The van der Waals surface area contributed by atoms with E-state index in [1.54, 1.807) is 0 Å². The van der Waals surface area contributed by atoms with Crippen LogP contribution in [0.3, 0.4) is 0 Å². The van der Waals surface area contributed by atoms with Crippen LogP contribution in [0.4, 0.5) is 34.1 Å². The van der Waals surface area contributed by atoms with Crippen LogP contribution in [-0.4, -0.2) is 0 Å². The summed E-state index contributed by atoms with van der Waals surface area (Å²) in [6.07, 6.45) is 0. The summed E-state index contributed by atoms with van der Waals surface area (Å²) < 4.78 is 12.9. The van der Waals surface area contributed by atoms with Crippen LogP contribution >= 0.6 is 0 Å². The van der Waals surface area contributed by atoms with Crippen LogP contribution in [0, 0.1) is 0 Å². The van der Waals surface area contributed by atoms with Crippen molar-refractivity contribution >= 4 is 78.0 Å². The Balaban J connectivity index is 1.10. The molecule has 4 heteroatoms. The van der Waals surface area contributed by atoms with Crippen molar-refractivity contribution in [2.24, 2.45) is 0 Å². The van der Waals surface area contributed by atoms with Gasteiger partial charge in [0.25, 0.3) is 0 Å². The van der Waals surface area contributed by atoms with Gasteiger partial charge in [-0.05, 0) is 96.1 Å². The zero-order valence-electron chi connectivity index (χ0n) is 28.2. The standard InChI is InChI=1S/C48H32N2O2/c1-4-12-33(13-5-1)34-20-22-37(23-21-34)50(40-24-27-42-41-18-10-11-19-45(41)51-47(42)32-40)38-26-29-46-44(30-38)43-28-25-39(31-48(43)52-46)49(35-14-6-2-7-15-35)36-16-8-3-9-17-36/h1-32H. The molecule has 10 rings (SSSR count).